The topological polar surface area (TPSA) is 58.0 Å². The van der Waals surface area contributed by atoms with Gasteiger partial charge in [0.25, 0.3) is 0 Å². The second kappa shape index (κ2) is 7.00. The molecule has 2 aromatic heterocycles. The van der Waals surface area contributed by atoms with Gasteiger partial charge < -0.3 is 9.40 Å². The van der Waals surface area contributed by atoms with Crippen LogP contribution in [0, 0.1) is 0 Å². The van der Waals surface area contributed by atoms with Gasteiger partial charge in [-0.05, 0) is 30.2 Å². The van der Waals surface area contributed by atoms with Crippen molar-refractivity contribution in [2.75, 3.05) is 13.1 Å². The summed E-state index contributed by atoms with van der Waals surface area (Å²) in [6.45, 7) is 2.97. The summed E-state index contributed by atoms with van der Waals surface area (Å²) in [7, 11) is 0. The van der Waals surface area contributed by atoms with E-state index in [4.69, 9.17) is 4.42 Å². The van der Waals surface area contributed by atoms with Crippen molar-refractivity contribution in [1.82, 2.24) is 20.1 Å². The van der Waals surface area contributed by atoms with Gasteiger partial charge in [-0.15, -0.1) is 10.2 Å². The molecule has 2 aromatic carbocycles. The average molecular weight is 358 g/mol. The molecule has 5 rings (SSSR count). The summed E-state index contributed by atoms with van der Waals surface area (Å²) < 4.78 is 5.97. The SMILES string of the molecule is c1ccc(Cc2nnc(C3CCN(Cc4c[nH]c5ccccc45)C3)o2)cc1. The molecule has 0 bridgehead atoms. The summed E-state index contributed by atoms with van der Waals surface area (Å²) in [6.07, 6.45) is 3.89. The molecule has 0 amide bonds. The molecule has 1 aliphatic heterocycles. The first-order valence-electron chi connectivity index (χ1n) is 9.49. The summed E-state index contributed by atoms with van der Waals surface area (Å²) in [6, 6.07) is 18.7. The quantitative estimate of drug-likeness (QED) is 0.583. The number of hydrogen-bond donors (Lipinski definition) is 1. The van der Waals surface area contributed by atoms with E-state index < -0.39 is 0 Å². The number of fused-ring (bicyclic) bond motifs is 1. The van der Waals surface area contributed by atoms with Crippen molar-refractivity contribution in [1.29, 1.82) is 0 Å². The number of rotatable bonds is 5. The molecule has 136 valence electrons. The standard InChI is InChI=1S/C22H22N4O/c1-2-6-16(7-3-1)12-21-24-25-22(27-21)17-10-11-26(14-17)15-18-13-23-20-9-5-4-8-19(18)20/h1-9,13,17,23H,10-12,14-15H2. The second-order valence-electron chi connectivity index (χ2n) is 7.28. The lowest BCUT2D eigenvalue weighted by Crippen LogP contribution is -2.19. The molecule has 1 N–H and O–H groups in total. The fraction of sp³-hybridized carbons (Fsp3) is 0.273. The molecule has 1 unspecified atom stereocenters. The molecule has 4 aromatic rings. The third-order valence-corrected chi connectivity index (χ3v) is 5.37. The van der Waals surface area contributed by atoms with Crippen molar-refractivity contribution in [2.45, 2.75) is 25.3 Å². The smallest absolute Gasteiger partial charge is 0.220 e. The van der Waals surface area contributed by atoms with E-state index in [9.17, 15) is 0 Å². The van der Waals surface area contributed by atoms with Crippen molar-refractivity contribution in [3.63, 3.8) is 0 Å². The number of aromatic nitrogens is 3. The molecule has 5 nitrogen and oxygen atoms in total. The minimum absolute atomic E-state index is 0.326. The predicted octanol–water partition coefficient (Wildman–Crippen LogP) is 4.13. The van der Waals surface area contributed by atoms with Crippen LogP contribution < -0.4 is 0 Å². The van der Waals surface area contributed by atoms with Gasteiger partial charge in [-0.25, -0.2) is 0 Å². The molecule has 5 heteroatoms. The zero-order valence-corrected chi connectivity index (χ0v) is 15.1. The van der Waals surface area contributed by atoms with E-state index in [0.29, 0.717) is 18.2 Å². The van der Waals surface area contributed by atoms with Gasteiger partial charge in [0.2, 0.25) is 11.8 Å². The van der Waals surface area contributed by atoms with Crippen molar-refractivity contribution in [3.8, 4) is 0 Å². The van der Waals surface area contributed by atoms with Gasteiger partial charge >= 0.3 is 0 Å². The van der Waals surface area contributed by atoms with Crippen LogP contribution in [-0.2, 0) is 13.0 Å². The van der Waals surface area contributed by atoms with E-state index in [0.717, 1.165) is 31.9 Å². The van der Waals surface area contributed by atoms with E-state index >= 15 is 0 Å². The number of H-pyrrole nitrogens is 1. The number of para-hydroxylation sites is 1. The van der Waals surface area contributed by atoms with Gasteiger partial charge in [0.1, 0.15) is 0 Å². The Morgan fingerprint density at radius 1 is 1.04 bits per heavy atom. The molecule has 1 atom stereocenters. The minimum Gasteiger partial charge on any atom is -0.425 e. The predicted molar refractivity (Wildman–Crippen MR) is 104 cm³/mol. The molecule has 1 saturated heterocycles. The molecular formula is C22H22N4O. The molecule has 3 heterocycles. The number of nitrogens with zero attached hydrogens (tertiary/aromatic N) is 3. The fourth-order valence-corrected chi connectivity index (χ4v) is 3.95. The lowest BCUT2D eigenvalue weighted by molar-refractivity contribution is 0.319. The third-order valence-electron chi connectivity index (χ3n) is 5.37. The van der Waals surface area contributed by atoms with E-state index in [-0.39, 0.29) is 0 Å². The Labute approximate surface area is 158 Å². The van der Waals surface area contributed by atoms with Crippen LogP contribution in [0.25, 0.3) is 10.9 Å². The maximum absolute atomic E-state index is 5.97. The summed E-state index contributed by atoms with van der Waals surface area (Å²) >= 11 is 0. The monoisotopic (exact) mass is 358 g/mol. The lowest BCUT2D eigenvalue weighted by Gasteiger charge is -2.14. The fourth-order valence-electron chi connectivity index (χ4n) is 3.95. The summed E-state index contributed by atoms with van der Waals surface area (Å²) in [5.41, 5.74) is 3.74. The Balaban J connectivity index is 1.24. The second-order valence-corrected chi connectivity index (χ2v) is 7.28. The third kappa shape index (κ3) is 3.38. The number of nitrogens with one attached hydrogen (secondary N) is 1. The van der Waals surface area contributed by atoms with Crippen LogP contribution >= 0.6 is 0 Å². The molecule has 0 spiro atoms. The molecular weight excluding hydrogens is 336 g/mol. The minimum atomic E-state index is 0.326. The Morgan fingerprint density at radius 2 is 1.89 bits per heavy atom. The van der Waals surface area contributed by atoms with E-state index in [1.807, 2.05) is 18.2 Å². The van der Waals surface area contributed by atoms with Gasteiger partial charge in [-0.2, -0.15) is 0 Å². The van der Waals surface area contributed by atoms with Gasteiger partial charge in [-0.3, -0.25) is 4.90 Å². The number of likely N-dealkylation sites (tertiary alicyclic amines) is 1. The zero-order chi connectivity index (χ0) is 18.1. The summed E-state index contributed by atoms with van der Waals surface area (Å²) in [4.78, 5) is 5.84. The Hall–Kier alpha value is -2.92. The number of hydrogen-bond acceptors (Lipinski definition) is 4. The Bertz CT molecular complexity index is 1040. The highest BCUT2D eigenvalue weighted by Crippen LogP contribution is 2.29. The van der Waals surface area contributed by atoms with E-state index in [1.54, 1.807) is 0 Å². The molecule has 1 fully saturated rings. The highest BCUT2D eigenvalue weighted by molar-refractivity contribution is 5.82. The first-order chi connectivity index (χ1) is 13.3. The average Bonchev–Trinajstić information content (AvgIpc) is 3.44. The van der Waals surface area contributed by atoms with Gasteiger partial charge in [0, 0.05) is 30.2 Å². The van der Waals surface area contributed by atoms with Crippen LogP contribution in [0.2, 0.25) is 0 Å². The number of benzene rings is 2. The molecule has 0 radical (unpaired) electrons. The highest BCUT2D eigenvalue weighted by atomic mass is 16.4. The summed E-state index contributed by atoms with van der Waals surface area (Å²) in [5.74, 6) is 1.81. The maximum atomic E-state index is 5.97. The first-order valence-corrected chi connectivity index (χ1v) is 9.49. The molecule has 1 aliphatic rings. The van der Waals surface area contributed by atoms with Crippen molar-refractivity contribution in [2.24, 2.45) is 0 Å². The van der Waals surface area contributed by atoms with Crippen LogP contribution in [0.15, 0.2) is 65.2 Å². The van der Waals surface area contributed by atoms with Crippen LogP contribution in [0.4, 0.5) is 0 Å². The van der Waals surface area contributed by atoms with Crippen molar-refractivity contribution in [3.05, 3.63) is 83.7 Å². The maximum Gasteiger partial charge on any atom is 0.220 e. The molecule has 27 heavy (non-hydrogen) atoms. The van der Waals surface area contributed by atoms with Crippen LogP contribution in [0.5, 0.6) is 0 Å². The van der Waals surface area contributed by atoms with Gasteiger partial charge in [0.05, 0.1) is 12.3 Å². The Morgan fingerprint density at radius 3 is 2.81 bits per heavy atom. The van der Waals surface area contributed by atoms with Crippen LogP contribution in [0.1, 0.15) is 35.2 Å². The van der Waals surface area contributed by atoms with Crippen LogP contribution in [-0.4, -0.2) is 33.2 Å². The normalized spacial score (nSPS) is 17.7. The largest absolute Gasteiger partial charge is 0.425 e. The summed E-state index contributed by atoms with van der Waals surface area (Å²) in [5, 5.41) is 9.89. The van der Waals surface area contributed by atoms with E-state index in [1.165, 1.54) is 22.0 Å². The lowest BCUT2D eigenvalue weighted by atomic mass is 10.1. The van der Waals surface area contributed by atoms with Gasteiger partial charge in [-0.1, -0.05) is 48.5 Å². The van der Waals surface area contributed by atoms with E-state index in [2.05, 4.69) is 62.7 Å². The van der Waals surface area contributed by atoms with Crippen molar-refractivity contribution < 1.29 is 4.42 Å². The van der Waals surface area contributed by atoms with Crippen molar-refractivity contribution >= 4 is 10.9 Å². The number of aromatic amines is 1. The van der Waals surface area contributed by atoms with Gasteiger partial charge in [0.15, 0.2) is 0 Å². The first kappa shape index (κ1) is 16.3. The molecule has 0 aliphatic carbocycles. The molecule has 0 saturated carbocycles. The zero-order valence-electron chi connectivity index (χ0n) is 15.1. The highest BCUT2D eigenvalue weighted by Gasteiger charge is 2.28. The van der Waals surface area contributed by atoms with Crippen LogP contribution in [0.3, 0.4) is 0 Å². The Kier molecular flexibility index (Phi) is 4.22.